The van der Waals surface area contributed by atoms with Crippen molar-refractivity contribution >= 4 is 23.9 Å². The van der Waals surface area contributed by atoms with Gasteiger partial charge >= 0.3 is 23.9 Å². The Bertz CT molecular complexity index is 862. The highest BCUT2D eigenvalue weighted by atomic mass is 16.6. The lowest BCUT2D eigenvalue weighted by Crippen LogP contribution is -2.52. The van der Waals surface area contributed by atoms with Gasteiger partial charge in [0.1, 0.15) is 18.3 Å². The van der Waals surface area contributed by atoms with Gasteiger partial charge in [-0.25, -0.2) is 4.79 Å². The van der Waals surface area contributed by atoms with Gasteiger partial charge in [-0.05, 0) is 64.7 Å². The van der Waals surface area contributed by atoms with Crippen molar-refractivity contribution in [1.82, 2.24) is 0 Å². The molecule has 1 aliphatic carbocycles. The predicted octanol–water partition coefficient (Wildman–Crippen LogP) is 4.23. The van der Waals surface area contributed by atoms with E-state index in [9.17, 15) is 19.2 Å². The fraction of sp³-hybridized carbons (Fsp3) is 0.615. The molecule has 1 aliphatic rings. The lowest BCUT2D eigenvalue weighted by atomic mass is 9.74. The maximum Gasteiger partial charge on any atom is 0.333 e. The number of carbonyl (C=O) groups is 4. The van der Waals surface area contributed by atoms with E-state index in [1.54, 1.807) is 32.9 Å². The van der Waals surface area contributed by atoms with Crippen LogP contribution in [0.2, 0.25) is 0 Å². The molecule has 0 N–H and O–H groups in total. The molecule has 0 aliphatic heterocycles. The molecule has 6 atom stereocenters. The molecule has 8 heteroatoms. The van der Waals surface area contributed by atoms with Crippen molar-refractivity contribution in [3.8, 4) is 0 Å². The van der Waals surface area contributed by atoms with Crippen molar-refractivity contribution in [3.05, 3.63) is 34.9 Å². The Balaban J connectivity index is 3.42. The standard InChI is InChI=1S/C26H38O8/c1-10-15(4)26(30)34-21(11-14(2)3)12-16(5)23-22(31-18(7)27)13-17(6)24(32-19(8)28)25(23)33-20(9)29/h10-11,13,16,21-25H,12H2,1-9H3/b15-10-/t16?,21?,22-,23+,24+,25-/m0/s1. The Morgan fingerprint density at radius 1 is 0.941 bits per heavy atom. The van der Waals surface area contributed by atoms with E-state index in [-0.39, 0.29) is 5.92 Å². The van der Waals surface area contributed by atoms with Crippen molar-refractivity contribution in [3.63, 3.8) is 0 Å². The van der Waals surface area contributed by atoms with Gasteiger partial charge in [0.2, 0.25) is 0 Å². The maximum atomic E-state index is 12.4. The highest BCUT2D eigenvalue weighted by Crippen LogP contribution is 2.38. The summed E-state index contributed by atoms with van der Waals surface area (Å²) in [5.41, 5.74) is 2.07. The predicted molar refractivity (Wildman–Crippen MR) is 126 cm³/mol. The van der Waals surface area contributed by atoms with Gasteiger partial charge < -0.3 is 18.9 Å². The molecule has 0 amide bonds. The first kappa shape index (κ1) is 29.1. The molecule has 0 aromatic rings. The Hall–Kier alpha value is -2.90. The monoisotopic (exact) mass is 478 g/mol. The van der Waals surface area contributed by atoms with Crippen LogP contribution in [0.4, 0.5) is 0 Å². The fourth-order valence-electron chi connectivity index (χ4n) is 4.13. The van der Waals surface area contributed by atoms with E-state index < -0.39 is 54.2 Å². The van der Waals surface area contributed by atoms with E-state index in [4.69, 9.17) is 18.9 Å². The smallest absolute Gasteiger partial charge is 0.333 e. The lowest BCUT2D eigenvalue weighted by molar-refractivity contribution is -0.179. The van der Waals surface area contributed by atoms with Crippen LogP contribution in [0.25, 0.3) is 0 Å². The Kier molecular flexibility index (Phi) is 11.2. The van der Waals surface area contributed by atoms with E-state index in [1.165, 1.54) is 20.8 Å². The zero-order chi connectivity index (χ0) is 26.2. The average Bonchev–Trinajstić information content (AvgIpc) is 2.68. The van der Waals surface area contributed by atoms with Crippen molar-refractivity contribution in [1.29, 1.82) is 0 Å². The topological polar surface area (TPSA) is 105 Å². The van der Waals surface area contributed by atoms with Gasteiger partial charge in [0.05, 0.1) is 0 Å². The van der Waals surface area contributed by atoms with Crippen LogP contribution in [-0.2, 0) is 38.1 Å². The van der Waals surface area contributed by atoms with Gasteiger partial charge in [-0.1, -0.05) is 18.6 Å². The SMILES string of the molecule is C/C=C(/C)C(=O)OC(C=C(C)C)CC(C)[C@H]1[C@H](OC(C)=O)[C@H](OC(C)=O)C(C)=C[C@@H]1OC(C)=O. The van der Waals surface area contributed by atoms with Crippen LogP contribution in [0.15, 0.2) is 34.9 Å². The second-order valence-corrected chi connectivity index (χ2v) is 9.04. The molecule has 0 saturated heterocycles. The summed E-state index contributed by atoms with van der Waals surface area (Å²) >= 11 is 0. The summed E-state index contributed by atoms with van der Waals surface area (Å²) in [5.74, 6) is -2.81. The third-order valence-corrected chi connectivity index (χ3v) is 5.62. The number of rotatable bonds is 9. The first-order valence-corrected chi connectivity index (χ1v) is 11.5. The summed E-state index contributed by atoms with van der Waals surface area (Å²) in [6.07, 6.45) is 2.64. The Labute approximate surface area is 202 Å². The molecule has 0 saturated carbocycles. The number of hydrogen-bond acceptors (Lipinski definition) is 8. The van der Waals surface area contributed by atoms with Crippen molar-refractivity contribution < 1.29 is 38.1 Å². The quantitative estimate of drug-likeness (QED) is 0.210. The molecular formula is C26H38O8. The molecule has 0 aromatic heterocycles. The maximum absolute atomic E-state index is 12.4. The molecule has 0 heterocycles. The Morgan fingerprint density at radius 3 is 1.97 bits per heavy atom. The van der Waals surface area contributed by atoms with Crippen LogP contribution in [0.5, 0.6) is 0 Å². The second-order valence-electron chi connectivity index (χ2n) is 9.04. The minimum atomic E-state index is -0.883. The first-order valence-electron chi connectivity index (χ1n) is 11.5. The van der Waals surface area contributed by atoms with Gasteiger partial charge in [-0.3, -0.25) is 14.4 Å². The van der Waals surface area contributed by atoms with E-state index in [0.29, 0.717) is 17.6 Å². The number of ether oxygens (including phenoxy) is 4. The molecule has 190 valence electrons. The van der Waals surface area contributed by atoms with Gasteiger partial charge in [0.15, 0.2) is 6.10 Å². The first-order chi connectivity index (χ1) is 15.8. The molecular weight excluding hydrogens is 440 g/mol. The largest absolute Gasteiger partial charge is 0.458 e. The number of allylic oxidation sites excluding steroid dienone is 2. The van der Waals surface area contributed by atoms with Crippen LogP contribution >= 0.6 is 0 Å². The second kappa shape index (κ2) is 13.1. The molecule has 34 heavy (non-hydrogen) atoms. The summed E-state index contributed by atoms with van der Waals surface area (Å²) in [6.45, 7) is 14.7. The zero-order valence-corrected chi connectivity index (χ0v) is 21.7. The van der Waals surface area contributed by atoms with Gasteiger partial charge in [-0.15, -0.1) is 0 Å². The van der Waals surface area contributed by atoms with Gasteiger partial charge in [0, 0.05) is 32.3 Å². The van der Waals surface area contributed by atoms with E-state index in [0.717, 1.165) is 5.57 Å². The van der Waals surface area contributed by atoms with Crippen molar-refractivity contribution in [2.75, 3.05) is 0 Å². The summed E-state index contributed by atoms with van der Waals surface area (Å²) in [6, 6.07) is 0. The van der Waals surface area contributed by atoms with Crippen LogP contribution in [0, 0.1) is 11.8 Å². The zero-order valence-electron chi connectivity index (χ0n) is 21.7. The molecule has 0 bridgehead atoms. The molecule has 0 fully saturated rings. The minimum Gasteiger partial charge on any atom is -0.458 e. The molecule has 0 aromatic carbocycles. The molecule has 8 nitrogen and oxygen atoms in total. The van der Waals surface area contributed by atoms with Crippen LogP contribution < -0.4 is 0 Å². The molecule has 0 radical (unpaired) electrons. The van der Waals surface area contributed by atoms with Crippen molar-refractivity contribution in [2.24, 2.45) is 11.8 Å². The van der Waals surface area contributed by atoms with E-state index in [1.807, 2.05) is 26.8 Å². The third kappa shape index (κ3) is 8.80. The lowest BCUT2D eigenvalue weighted by Gasteiger charge is -2.42. The average molecular weight is 479 g/mol. The summed E-state index contributed by atoms with van der Waals surface area (Å²) in [4.78, 5) is 48.1. The third-order valence-electron chi connectivity index (χ3n) is 5.62. The minimum absolute atomic E-state index is 0.268. The van der Waals surface area contributed by atoms with Gasteiger partial charge in [0.25, 0.3) is 0 Å². The van der Waals surface area contributed by atoms with E-state index in [2.05, 4.69) is 0 Å². The number of hydrogen-bond donors (Lipinski definition) is 0. The van der Waals surface area contributed by atoms with Crippen LogP contribution in [0.1, 0.15) is 68.7 Å². The van der Waals surface area contributed by atoms with Crippen molar-refractivity contribution in [2.45, 2.75) is 93.2 Å². The summed E-state index contributed by atoms with van der Waals surface area (Å²) in [5, 5.41) is 0. The summed E-state index contributed by atoms with van der Waals surface area (Å²) in [7, 11) is 0. The summed E-state index contributed by atoms with van der Waals surface area (Å²) < 4.78 is 22.4. The number of carbonyl (C=O) groups excluding carboxylic acids is 4. The van der Waals surface area contributed by atoms with Crippen LogP contribution in [-0.4, -0.2) is 48.3 Å². The molecule has 1 rings (SSSR count). The van der Waals surface area contributed by atoms with Crippen LogP contribution in [0.3, 0.4) is 0 Å². The highest BCUT2D eigenvalue weighted by molar-refractivity contribution is 5.87. The normalized spacial score (nSPS) is 24.1. The molecule has 0 spiro atoms. The van der Waals surface area contributed by atoms with Gasteiger partial charge in [-0.2, -0.15) is 0 Å². The van der Waals surface area contributed by atoms with E-state index >= 15 is 0 Å². The fourth-order valence-corrected chi connectivity index (χ4v) is 4.13. The Morgan fingerprint density at radius 2 is 1.50 bits per heavy atom. The highest BCUT2D eigenvalue weighted by Gasteiger charge is 2.47. The molecule has 2 unspecified atom stereocenters. The number of esters is 4.